The molecular formula is C47H30N2OS. The second kappa shape index (κ2) is 12.1. The molecular weight excluding hydrogens is 641 g/mol. The normalized spacial score (nSPS) is 11.5. The standard InChI is InChI=1S/C47H30N2OS/c1-4-12-31(13-5-1)32-20-22-36(23-21-32)49(38-26-35-18-10-11-19-39(35)41(27-38)33-14-6-2-7-15-33)37-24-25-40-42-29-43-46(30-45(42)50-44(40)28-37)51-47(48-43)34-16-8-3-9-17-34/h1-30H. The quantitative estimate of drug-likeness (QED) is 0.176. The Morgan fingerprint density at radius 2 is 1.06 bits per heavy atom. The van der Waals surface area contributed by atoms with E-state index in [9.17, 15) is 0 Å². The van der Waals surface area contributed by atoms with Crippen molar-refractivity contribution in [2.75, 3.05) is 4.90 Å². The first-order chi connectivity index (χ1) is 25.2. The van der Waals surface area contributed by atoms with Gasteiger partial charge in [0.05, 0.1) is 10.2 Å². The number of hydrogen-bond acceptors (Lipinski definition) is 4. The predicted molar refractivity (Wildman–Crippen MR) is 215 cm³/mol. The van der Waals surface area contributed by atoms with E-state index in [4.69, 9.17) is 9.40 Å². The molecule has 0 aliphatic carbocycles. The summed E-state index contributed by atoms with van der Waals surface area (Å²) in [5.41, 5.74) is 11.8. The van der Waals surface area contributed by atoms with E-state index in [2.05, 4.69) is 181 Å². The molecule has 2 heterocycles. The number of nitrogens with zero attached hydrogens (tertiary/aromatic N) is 2. The van der Waals surface area contributed by atoms with Crippen molar-refractivity contribution in [1.82, 2.24) is 4.98 Å². The van der Waals surface area contributed by atoms with Gasteiger partial charge in [-0.15, -0.1) is 11.3 Å². The van der Waals surface area contributed by atoms with Gasteiger partial charge in [0, 0.05) is 45.5 Å². The van der Waals surface area contributed by atoms with Crippen LogP contribution in [0.15, 0.2) is 186 Å². The van der Waals surface area contributed by atoms with E-state index in [0.717, 1.165) is 59.8 Å². The van der Waals surface area contributed by atoms with Crippen LogP contribution in [0.1, 0.15) is 0 Å². The molecule has 0 N–H and O–H groups in total. The molecule has 0 saturated carbocycles. The molecule has 8 aromatic carbocycles. The van der Waals surface area contributed by atoms with Gasteiger partial charge in [0.15, 0.2) is 0 Å². The largest absolute Gasteiger partial charge is 0.456 e. The summed E-state index contributed by atoms with van der Waals surface area (Å²) in [6.07, 6.45) is 0. The molecule has 3 nitrogen and oxygen atoms in total. The molecule has 0 bridgehead atoms. The zero-order valence-electron chi connectivity index (χ0n) is 27.5. The van der Waals surface area contributed by atoms with Crippen molar-refractivity contribution in [3.63, 3.8) is 0 Å². The number of rotatable bonds is 6. The zero-order valence-corrected chi connectivity index (χ0v) is 28.3. The van der Waals surface area contributed by atoms with Crippen LogP contribution < -0.4 is 4.90 Å². The van der Waals surface area contributed by atoms with Gasteiger partial charge in [-0.05, 0) is 75.5 Å². The van der Waals surface area contributed by atoms with E-state index in [1.807, 2.05) is 6.07 Å². The molecule has 0 amide bonds. The Morgan fingerprint density at radius 1 is 0.431 bits per heavy atom. The van der Waals surface area contributed by atoms with Crippen molar-refractivity contribution < 1.29 is 4.42 Å². The van der Waals surface area contributed by atoms with Gasteiger partial charge in [0.1, 0.15) is 16.2 Å². The summed E-state index contributed by atoms with van der Waals surface area (Å²) >= 11 is 1.70. The summed E-state index contributed by atoms with van der Waals surface area (Å²) in [5, 5.41) is 5.58. The molecule has 2 aromatic heterocycles. The third-order valence-corrected chi connectivity index (χ3v) is 10.7. The maximum absolute atomic E-state index is 6.63. The molecule has 10 rings (SSSR count). The first kappa shape index (κ1) is 29.4. The second-order valence-electron chi connectivity index (χ2n) is 12.8. The van der Waals surface area contributed by atoms with Gasteiger partial charge in [-0.25, -0.2) is 4.98 Å². The number of thiazole rings is 1. The number of furan rings is 1. The van der Waals surface area contributed by atoms with Crippen molar-refractivity contribution in [2.45, 2.75) is 0 Å². The van der Waals surface area contributed by atoms with Crippen LogP contribution in [0.3, 0.4) is 0 Å². The molecule has 0 spiro atoms. The lowest BCUT2D eigenvalue weighted by Gasteiger charge is -2.27. The Hall–Kier alpha value is -6.49. The summed E-state index contributed by atoms with van der Waals surface area (Å²) in [6.45, 7) is 0. The van der Waals surface area contributed by atoms with Gasteiger partial charge >= 0.3 is 0 Å². The fourth-order valence-electron chi connectivity index (χ4n) is 7.19. The summed E-state index contributed by atoms with van der Waals surface area (Å²) in [5.74, 6) is 0. The molecule has 4 heteroatoms. The average Bonchev–Trinajstić information content (AvgIpc) is 3.78. The molecule has 0 unspecified atom stereocenters. The summed E-state index contributed by atoms with van der Waals surface area (Å²) < 4.78 is 7.75. The lowest BCUT2D eigenvalue weighted by molar-refractivity contribution is 0.669. The fourth-order valence-corrected chi connectivity index (χ4v) is 8.17. The van der Waals surface area contributed by atoms with Gasteiger partial charge in [0.25, 0.3) is 0 Å². The molecule has 0 aliphatic rings. The third-order valence-electron chi connectivity index (χ3n) is 9.67. The van der Waals surface area contributed by atoms with Crippen LogP contribution in [0.5, 0.6) is 0 Å². The van der Waals surface area contributed by atoms with Crippen LogP contribution in [0.25, 0.3) is 75.8 Å². The molecule has 240 valence electrons. The zero-order chi connectivity index (χ0) is 33.7. The topological polar surface area (TPSA) is 29.3 Å². The van der Waals surface area contributed by atoms with Crippen LogP contribution in [-0.4, -0.2) is 4.98 Å². The number of benzene rings is 8. The van der Waals surface area contributed by atoms with Crippen molar-refractivity contribution in [3.8, 4) is 32.8 Å². The van der Waals surface area contributed by atoms with E-state index in [0.29, 0.717) is 0 Å². The van der Waals surface area contributed by atoms with Crippen molar-refractivity contribution in [1.29, 1.82) is 0 Å². The highest BCUT2D eigenvalue weighted by atomic mass is 32.1. The van der Waals surface area contributed by atoms with Crippen LogP contribution in [0.4, 0.5) is 17.1 Å². The summed E-state index contributed by atoms with van der Waals surface area (Å²) in [7, 11) is 0. The Balaban J connectivity index is 1.14. The Morgan fingerprint density at radius 3 is 1.82 bits per heavy atom. The maximum atomic E-state index is 6.63. The van der Waals surface area contributed by atoms with E-state index >= 15 is 0 Å². The SMILES string of the molecule is c1ccc(-c2ccc(N(c3cc(-c4ccccc4)c4ccccc4c3)c3ccc4c(c3)oc3cc5sc(-c6ccccc6)nc5cc34)cc2)cc1. The van der Waals surface area contributed by atoms with Crippen LogP contribution >= 0.6 is 11.3 Å². The lowest BCUT2D eigenvalue weighted by atomic mass is 9.96. The molecule has 51 heavy (non-hydrogen) atoms. The maximum Gasteiger partial charge on any atom is 0.137 e. The van der Waals surface area contributed by atoms with E-state index in [1.54, 1.807) is 11.3 Å². The predicted octanol–water partition coefficient (Wildman–Crippen LogP) is 13.8. The van der Waals surface area contributed by atoms with Crippen molar-refractivity contribution >= 4 is 71.3 Å². The van der Waals surface area contributed by atoms with Crippen molar-refractivity contribution in [3.05, 3.63) is 182 Å². The smallest absolute Gasteiger partial charge is 0.137 e. The van der Waals surface area contributed by atoms with Gasteiger partial charge in [-0.2, -0.15) is 0 Å². The number of fused-ring (bicyclic) bond motifs is 5. The van der Waals surface area contributed by atoms with Crippen LogP contribution in [-0.2, 0) is 0 Å². The first-order valence-corrected chi connectivity index (χ1v) is 17.9. The highest BCUT2D eigenvalue weighted by Crippen LogP contribution is 2.43. The molecule has 0 saturated heterocycles. The third kappa shape index (κ3) is 5.25. The second-order valence-corrected chi connectivity index (χ2v) is 13.8. The van der Waals surface area contributed by atoms with Crippen molar-refractivity contribution in [2.24, 2.45) is 0 Å². The average molecular weight is 671 g/mol. The van der Waals surface area contributed by atoms with E-state index in [-0.39, 0.29) is 0 Å². The fraction of sp³-hybridized carbons (Fsp3) is 0. The summed E-state index contributed by atoms with van der Waals surface area (Å²) in [6, 6.07) is 64.5. The number of anilines is 3. The Labute approximate surface area is 299 Å². The molecule has 0 atom stereocenters. The molecule has 0 radical (unpaired) electrons. The van der Waals surface area contributed by atoms with Gasteiger partial charge < -0.3 is 9.32 Å². The minimum atomic E-state index is 0.846. The van der Waals surface area contributed by atoms with Crippen LogP contribution in [0.2, 0.25) is 0 Å². The molecule has 0 aliphatic heterocycles. The van der Waals surface area contributed by atoms with Gasteiger partial charge in [0.2, 0.25) is 0 Å². The molecule has 0 fully saturated rings. The van der Waals surface area contributed by atoms with Gasteiger partial charge in [-0.3, -0.25) is 0 Å². The highest BCUT2D eigenvalue weighted by molar-refractivity contribution is 7.21. The molecule has 10 aromatic rings. The van der Waals surface area contributed by atoms with Crippen LogP contribution in [0, 0.1) is 0 Å². The minimum absolute atomic E-state index is 0.846. The Kier molecular flexibility index (Phi) is 7.00. The Bertz CT molecular complexity index is 2840. The number of hydrogen-bond donors (Lipinski definition) is 0. The van der Waals surface area contributed by atoms with E-state index in [1.165, 1.54) is 33.0 Å². The first-order valence-electron chi connectivity index (χ1n) is 17.1. The highest BCUT2D eigenvalue weighted by Gasteiger charge is 2.19. The lowest BCUT2D eigenvalue weighted by Crippen LogP contribution is -2.10. The number of aromatic nitrogens is 1. The van der Waals surface area contributed by atoms with E-state index < -0.39 is 0 Å². The summed E-state index contributed by atoms with van der Waals surface area (Å²) in [4.78, 5) is 7.34. The monoisotopic (exact) mass is 670 g/mol. The van der Waals surface area contributed by atoms with Gasteiger partial charge in [-0.1, -0.05) is 127 Å². The minimum Gasteiger partial charge on any atom is -0.456 e.